The van der Waals surface area contributed by atoms with Crippen molar-refractivity contribution in [2.75, 3.05) is 44.2 Å². The molecule has 2 fully saturated rings. The zero-order chi connectivity index (χ0) is 16.2. The summed E-state index contributed by atoms with van der Waals surface area (Å²) in [6.45, 7) is 11.4. The standard InChI is InChI=1S/C17H30N4OS/c1-14(2)21-9-8-19(12-15(21)5-10-22)13-16-11-18-17(23-16)20-6-3-4-7-20/h11,14-15,22H,3-10,12-13H2,1-2H3/t15-/m1/s1. The van der Waals surface area contributed by atoms with Gasteiger partial charge in [0.15, 0.2) is 5.13 Å². The second kappa shape index (κ2) is 7.92. The Morgan fingerprint density at radius 3 is 2.74 bits per heavy atom. The minimum atomic E-state index is 0.279. The van der Waals surface area contributed by atoms with Crippen molar-refractivity contribution < 1.29 is 5.11 Å². The molecule has 2 aliphatic heterocycles. The smallest absolute Gasteiger partial charge is 0.185 e. The maximum atomic E-state index is 9.36. The largest absolute Gasteiger partial charge is 0.396 e. The first-order valence-corrected chi connectivity index (χ1v) is 9.77. The Morgan fingerprint density at radius 1 is 1.26 bits per heavy atom. The van der Waals surface area contributed by atoms with E-state index in [9.17, 15) is 5.11 Å². The summed E-state index contributed by atoms with van der Waals surface area (Å²) in [5, 5.41) is 10.6. The summed E-state index contributed by atoms with van der Waals surface area (Å²) in [4.78, 5) is 13.5. The number of piperazine rings is 1. The molecule has 0 amide bonds. The molecule has 23 heavy (non-hydrogen) atoms. The third kappa shape index (κ3) is 4.24. The number of hydrogen-bond donors (Lipinski definition) is 1. The third-order valence-corrected chi connectivity index (χ3v) is 6.08. The lowest BCUT2D eigenvalue weighted by Gasteiger charge is -2.43. The molecule has 0 aromatic carbocycles. The van der Waals surface area contributed by atoms with Gasteiger partial charge in [0.05, 0.1) is 0 Å². The van der Waals surface area contributed by atoms with Gasteiger partial charge in [-0.15, -0.1) is 11.3 Å². The highest BCUT2D eigenvalue weighted by atomic mass is 32.1. The molecule has 0 saturated carbocycles. The van der Waals surface area contributed by atoms with Gasteiger partial charge in [-0.25, -0.2) is 4.98 Å². The van der Waals surface area contributed by atoms with Gasteiger partial charge in [0.25, 0.3) is 0 Å². The molecule has 0 aliphatic carbocycles. The number of thiazole rings is 1. The van der Waals surface area contributed by atoms with Crippen molar-refractivity contribution in [1.82, 2.24) is 14.8 Å². The highest BCUT2D eigenvalue weighted by molar-refractivity contribution is 7.15. The van der Waals surface area contributed by atoms with Crippen LogP contribution in [0.1, 0.15) is 38.0 Å². The lowest BCUT2D eigenvalue weighted by Crippen LogP contribution is -2.55. The maximum Gasteiger partial charge on any atom is 0.185 e. The average Bonchev–Trinajstić information content (AvgIpc) is 3.18. The number of anilines is 1. The molecule has 6 heteroatoms. The second-order valence-corrected chi connectivity index (χ2v) is 8.13. The van der Waals surface area contributed by atoms with E-state index in [-0.39, 0.29) is 6.61 Å². The van der Waals surface area contributed by atoms with Crippen LogP contribution >= 0.6 is 11.3 Å². The van der Waals surface area contributed by atoms with Gasteiger partial charge >= 0.3 is 0 Å². The normalized spacial score (nSPS) is 24.0. The Kier molecular flexibility index (Phi) is 5.91. The van der Waals surface area contributed by atoms with Crippen molar-refractivity contribution in [2.24, 2.45) is 0 Å². The van der Waals surface area contributed by atoms with Crippen LogP contribution in [0, 0.1) is 0 Å². The monoisotopic (exact) mass is 338 g/mol. The molecule has 0 bridgehead atoms. The van der Waals surface area contributed by atoms with Crippen LogP contribution in [0.3, 0.4) is 0 Å². The molecule has 5 nitrogen and oxygen atoms in total. The van der Waals surface area contributed by atoms with Crippen LogP contribution < -0.4 is 4.90 Å². The van der Waals surface area contributed by atoms with E-state index in [1.165, 1.54) is 35.9 Å². The number of nitrogens with zero attached hydrogens (tertiary/aromatic N) is 4. The van der Waals surface area contributed by atoms with Crippen LogP contribution in [-0.2, 0) is 6.54 Å². The van der Waals surface area contributed by atoms with Crippen LogP contribution in [0.25, 0.3) is 0 Å². The topological polar surface area (TPSA) is 42.8 Å². The Labute approximate surface area is 143 Å². The minimum absolute atomic E-state index is 0.279. The van der Waals surface area contributed by atoms with Crippen molar-refractivity contribution in [2.45, 2.75) is 51.7 Å². The predicted molar refractivity (Wildman–Crippen MR) is 96.2 cm³/mol. The number of aliphatic hydroxyl groups excluding tert-OH is 1. The van der Waals surface area contributed by atoms with E-state index >= 15 is 0 Å². The van der Waals surface area contributed by atoms with Crippen molar-refractivity contribution in [1.29, 1.82) is 0 Å². The molecule has 3 heterocycles. The van der Waals surface area contributed by atoms with Crippen LogP contribution in [0.2, 0.25) is 0 Å². The van der Waals surface area contributed by atoms with Gasteiger partial charge in [0, 0.05) is 69.0 Å². The molecular formula is C17H30N4OS. The van der Waals surface area contributed by atoms with E-state index in [0.29, 0.717) is 12.1 Å². The number of rotatable bonds is 6. The summed E-state index contributed by atoms with van der Waals surface area (Å²) in [5.41, 5.74) is 0. The summed E-state index contributed by atoms with van der Waals surface area (Å²) in [7, 11) is 0. The first kappa shape index (κ1) is 17.1. The van der Waals surface area contributed by atoms with Gasteiger partial charge in [0.1, 0.15) is 0 Å². The molecule has 1 aromatic heterocycles. The van der Waals surface area contributed by atoms with Crippen LogP contribution in [-0.4, -0.2) is 71.3 Å². The van der Waals surface area contributed by atoms with Crippen molar-refractivity contribution in [3.05, 3.63) is 11.1 Å². The van der Waals surface area contributed by atoms with E-state index in [0.717, 1.165) is 32.6 Å². The van der Waals surface area contributed by atoms with Gasteiger partial charge in [-0.3, -0.25) is 9.80 Å². The second-order valence-electron chi connectivity index (χ2n) is 7.04. The lowest BCUT2D eigenvalue weighted by molar-refractivity contribution is 0.0353. The van der Waals surface area contributed by atoms with E-state index in [4.69, 9.17) is 0 Å². The van der Waals surface area contributed by atoms with Crippen molar-refractivity contribution >= 4 is 16.5 Å². The fourth-order valence-corrected chi connectivity index (χ4v) is 4.81. The Hall–Kier alpha value is -0.690. The number of hydrogen-bond acceptors (Lipinski definition) is 6. The molecule has 130 valence electrons. The summed E-state index contributed by atoms with van der Waals surface area (Å²) < 4.78 is 0. The SMILES string of the molecule is CC(C)N1CCN(Cc2cnc(N3CCCC3)s2)C[C@H]1CCO. The van der Waals surface area contributed by atoms with E-state index in [2.05, 4.69) is 39.7 Å². The number of aliphatic hydroxyl groups is 1. The Morgan fingerprint density at radius 2 is 2.04 bits per heavy atom. The lowest BCUT2D eigenvalue weighted by atomic mass is 10.1. The number of aromatic nitrogens is 1. The summed E-state index contributed by atoms with van der Waals surface area (Å²) in [5.74, 6) is 0. The molecule has 0 radical (unpaired) electrons. The highest BCUT2D eigenvalue weighted by Gasteiger charge is 2.28. The summed E-state index contributed by atoms with van der Waals surface area (Å²) >= 11 is 1.86. The predicted octanol–water partition coefficient (Wildman–Crippen LogP) is 2.02. The van der Waals surface area contributed by atoms with Crippen LogP contribution in [0.4, 0.5) is 5.13 Å². The molecule has 1 aromatic rings. The van der Waals surface area contributed by atoms with E-state index in [1.807, 2.05) is 11.3 Å². The first-order valence-electron chi connectivity index (χ1n) is 8.96. The van der Waals surface area contributed by atoms with Crippen molar-refractivity contribution in [3.8, 4) is 0 Å². The van der Waals surface area contributed by atoms with E-state index in [1.54, 1.807) is 0 Å². The molecule has 0 unspecified atom stereocenters. The van der Waals surface area contributed by atoms with Gasteiger partial charge < -0.3 is 10.0 Å². The molecular weight excluding hydrogens is 308 g/mol. The summed E-state index contributed by atoms with van der Waals surface area (Å²) in [6, 6.07) is 1.03. The van der Waals surface area contributed by atoms with Crippen LogP contribution in [0.5, 0.6) is 0 Å². The highest BCUT2D eigenvalue weighted by Crippen LogP contribution is 2.27. The van der Waals surface area contributed by atoms with Gasteiger partial charge in [-0.05, 0) is 33.1 Å². The minimum Gasteiger partial charge on any atom is -0.396 e. The molecule has 1 atom stereocenters. The van der Waals surface area contributed by atoms with Gasteiger partial charge in [0.2, 0.25) is 0 Å². The maximum absolute atomic E-state index is 9.36. The molecule has 3 rings (SSSR count). The quantitative estimate of drug-likeness (QED) is 0.860. The third-order valence-electron chi connectivity index (χ3n) is 5.04. The average molecular weight is 339 g/mol. The van der Waals surface area contributed by atoms with E-state index < -0.39 is 0 Å². The zero-order valence-corrected chi connectivity index (χ0v) is 15.3. The fraction of sp³-hybridized carbons (Fsp3) is 0.824. The zero-order valence-electron chi connectivity index (χ0n) is 14.4. The Bertz CT molecular complexity index is 487. The molecule has 1 N–H and O–H groups in total. The molecule has 2 saturated heterocycles. The Balaban J connectivity index is 1.57. The molecule has 2 aliphatic rings. The summed E-state index contributed by atoms with van der Waals surface area (Å²) in [6.07, 6.45) is 5.54. The van der Waals surface area contributed by atoms with Gasteiger partial charge in [-0.2, -0.15) is 0 Å². The fourth-order valence-electron chi connectivity index (χ4n) is 3.81. The van der Waals surface area contributed by atoms with Gasteiger partial charge in [-0.1, -0.05) is 0 Å². The van der Waals surface area contributed by atoms with Crippen LogP contribution in [0.15, 0.2) is 6.20 Å². The molecule has 0 spiro atoms. The van der Waals surface area contributed by atoms with Crippen molar-refractivity contribution in [3.63, 3.8) is 0 Å². The first-order chi connectivity index (χ1) is 11.2.